The first kappa shape index (κ1) is 14.7. The van der Waals surface area contributed by atoms with E-state index in [-0.39, 0.29) is 17.5 Å². The van der Waals surface area contributed by atoms with Crippen LogP contribution in [0.5, 0.6) is 0 Å². The molecule has 5 nitrogen and oxygen atoms in total. The highest BCUT2D eigenvalue weighted by Gasteiger charge is 2.36. The van der Waals surface area contributed by atoms with E-state index in [4.69, 9.17) is 0 Å². The Labute approximate surface area is 106 Å². The van der Waals surface area contributed by atoms with Crippen LogP contribution in [0, 0.1) is 0 Å². The molecule has 1 rings (SSSR count). The fourth-order valence-electron chi connectivity index (χ4n) is 1.14. The van der Waals surface area contributed by atoms with Crippen molar-refractivity contribution in [3.05, 3.63) is 5.01 Å². The maximum atomic E-state index is 12.3. The molecule has 0 aromatic carbocycles. The van der Waals surface area contributed by atoms with Crippen molar-refractivity contribution in [3.63, 3.8) is 0 Å². The third-order valence-corrected chi connectivity index (χ3v) is 3.17. The third kappa shape index (κ3) is 4.13. The van der Waals surface area contributed by atoms with Crippen molar-refractivity contribution < 1.29 is 22.7 Å². The monoisotopic (exact) mass is 283 g/mol. The summed E-state index contributed by atoms with van der Waals surface area (Å²) in [6.07, 6.45) is -3.78. The summed E-state index contributed by atoms with van der Waals surface area (Å²) >= 11 is 0.475. The largest absolute Gasteiger partial charge is 0.469 e. The number of hydrogen-bond donors (Lipinski definition) is 0. The summed E-state index contributed by atoms with van der Waals surface area (Å²) in [7, 11) is 2.88. The second-order valence-electron chi connectivity index (χ2n) is 3.49. The van der Waals surface area contributed by atoms with Crippen LogP contribution in [-0.4, -0.2) is 36.9 Å². The molecule has 0 fully saturated rings. The molecule has 1 aromatic heterocycles. The molecule has 1 heterocycles. The van der Waals surface area contributed by atoms with Crippen LogP contribution in [0.4, 0.5) is 18.3 Å². The standard InChI is InChI=1S/C9H12F3N3O2S/c1-15(5-3-4-6(16)17-2)8-14-13-7(18-8)9(10,11)12/h3-5H2,1-2H3. The van der Waals surface area contributed by atoms with Gasteiger partial charge < -0.3 is 9.64 Å². The molecule has 0 aliphatic heterocycles. The van der Waals surface area contributed by atoms with Gasteiger partial charge in [-0.1, -0.05) is 11.3 Å². The fourth-order valence-corrected chi connectivity index (χ4v) is 1.84. The van der Waals surface area contributed by atoms with Gasteiger partial charge in [0.25, 0.3) is 0 Å². The molecular formula is C9H12F3N3O2S. The Morgan fingerprint density at radius 2 is 2.11 bits per heavy atom. The number of hydrogen-bond acceptors (Lipinski definition) is 6. The number of carbonyl (C=O) groups is 1. The summed E-state index contributed by atoms with van der Waals surface area (Å²) in [5.74, 6) is -0.350. The van der Waals surface area contributed by atoms with Crippen LogP contribution in [0.2, 0.25) is 0 Å². The number of rotatable bonds is 5. The first-order valence-corrected chi connectivity index (χ1v) is 5.85. The zero-order valence-electron chi connectivity index (χ0n) is 9.82. The van der Waals surface area contributed by atoms with Gasteiger partial charge in [-0.15, -0.1) is 10.2 Å². The lowest BCUT2D eigenvalue weighted by molar-refractivity contribution is -0.140. The Morgan fingerprint density at radius 1 is 1.44 bits per heavy atom. The number of halogens is 3. The number of ether oxygens (including phenoxy) is 1. The van der Waals surface area contributed by atoms with E-state index in [9.17, 15) is 18.0 Å². The van der Waals surface area contributed by atoms with Gasteiger partial charge in [-0.2, -0.15) is 13.2 Å². The summed E-state index contributed by atoms with van der Waals surface area (Å²) in [6.45, 7) is 0.404. The van der Waals surface area contributed by atoms with Gasteiger partial charge in [-0.25, -0.2) is 0 Å². The highest BCUT2D eigenvalue weighted by molar-refractivity contribution is 7.15. The van der Waals surface area contributed by atoms with Crippen molar-refractivity contribution in [2.45, 2.75) is 19.0 Å². The molecule has 0 bridgehead atoms. The molecule has 0 saturated carbocycles. The van der Waals surface area contributed by atoms with E-state index in [0.29, 0.717) is 24.3 Å². The van der Waals surface area contributed by atoms with Crippen molar-refractivity contribution in [1.82, 2.24) is 10.2 Å². The predicted octanol–water partition coefficient (Wildman–Crippen LogP) is 1.95. The molecule has 0 amide bonds. The highest BCUT2D eigenvalue weighted by atomic mass is 32.1. The number of carbonyl (C=O) groups excluding carboxylic acids is 1. The van der Waals surface area contributed by atoms with E-state index in [0.717, 1.165) is 0 Å². The average molecular weight is 283 g/mol. The molecule has 0 atom stereocenters. The van der Waals surface area contributed by atoms with Gasteiger partial charge in [0.15, 0.2) is 0 Å². The second-order valence-corrected chi connectivity index (χ2v) is 4.44. The molecule has 0 aliphatic carbocycles. The number of anilines is 1. The van der Waals surface area contributed by atoms with Gasteiger partial charge in [0.1, 0.15) is 0 Å². The summed E-state index contributed by atoms with van der Waals surface area (Å²) in [5, 5.41) is 5.74. The summed E-state index contributed by atoms with van der Waals surface area (Å²) < 4.78 is 41.3. The van der Waals surface area contributed by atoms with Crippen LogP contribution in [0.15, 0.2) is 0 Å². The van der Waals surface area contributed by atoms with E-state index < -0.39 is 11.2 Å². The van der Waals surface area contributed by atoms with Crippen LogP contribution < -0.4 is 4.90 Å². The number of nitrogens with zero attached hydrogens (tertiary/aromatic N) is 3. The number of methoxy groups -OCH3 is 1. The van der Waals surface area contributed by atoms with Crippen LogP contribution in [0.1, 0.15) is 17.8 Å². The maximum absolute atomic E-state index is 12.3. The van der Waals surface area contributed by atoms with Crippen LogP contribution in [0.3, 0.4) is 0 Å². The Bertz CT molecular complexity index is 408. The van der Waals surface area contributed by atoms with Gasteiger partial charge in [-0.05, 0) is 6.42 Å². The normalized spacial score (nSPS) is 11.4. The lowest BCUT2D eigenvalue weighted by Gasteiger charge is -2.13. The Balaban J connectivity index is 2.49. The van der Waals surface area contributed by atoms with E-state index in [1.807, 2.05) is 0 Å². The van der Waals surface area contributed by atoms with Crippen molar-refractivity contribution in [2.24, 2.45) is 0 Å². The van der Waals surface area contributed by atoms with E-state index >= 15 is 0 Å². The quantitative estimate of drug-likeness (QED) is 0.773. The number of esters is 1. The molecule has 102 valence electrons. The fraction of sp³-hybridized carbons (Fsp3) is 0.667. The smallest absolute Gasteiger partial charge is 0.445 e. The van der Waals surface area contributed by atoms with Gasteiger partial charge in [-0.3, -0.25) is 4.79 Å². The van der Waals surface area contributed by atoms with Gasteiger partial charge in [0.05, 0.1) is 7.11 Å². The average Bonchev–Trinajstić information content (AvgIpc) is 2.77. The Hall–Kier alpha value is -1.38. The molecule has 0 radical (unpaired) electrons. The lowest BCUT2D eigenvalue weighted by Crippen LogP contribution is -2.19. The topological polar surface area (TPSA) is 55.3 Å². The molecule has 0 N–H and O–H groups in total. The molecule has 9 heteroatoms. The van der Waals surface area contributed by atoms with Gasteiger partial charge in [0, 0.05) is 20.0 Å². The van der Waals surface area contributed by atoms with Crippen LogP contribution >= 0.6 is 11.3 Å². The minimum absolute atomic E-state index is 0.173. The number of alkyl halides is 3. The molecule has 0 unspecified atom stereocenters. The minimum atomic E-state index is -4.47. The van der Waals surface area contributed by atoms with Crippen molar-refractivity contribution >= 4 is 22.4 Å². The van der Waals surface area contributed by atoms with E-state index in [1.165, 1.54) is 12.0 Å². The SMILES string of the molecule is COC(=O)CCCN(C)c1nnc(C(F)(F)F)s1. The summed E-state index contributed by atoms with van der Waals surface area (Å²) in [4.78, 5) is 12.4. The zero-order chi connectivity index (χ0) is 13.8. The Morgan fingerprint density at radius 3 is 2.61 bits per heavy atom. The molecule has 18 heavy (non-hydrogen) atoms. The molecule has 0 saturated heterocycles. The van der Waals surface area contributed by atoms with Gasteiger partial charge in [0.2, 0.25) is 10.1 Å². The zero-order valence-corrected chi connectivity index (χ0v) is 10.6. The highest BCUT2D eigenvalue weighted by Crippen LogP contribution is 2.33. The number of aromatic nitrogens is 2. The van der Waals surface area contributed by atoms with Crippen LogP contribution in [-0.2, 0) is 15.7 Å². The van der Waals surface area contributed by atoms with Crippen molar-refractivity contribution in [3.8, 4) is 0 Å². The van der Waals surface area contributed by atoms with E-state index in [1.54, 1.807) is 7.05 Å². The summed E-state index contributed by atoms with van der Waals surface area (Å²) in [6, 6.07) is 0. The predicted molar refractivity (Wildman–Crippen MR) is 59.4 cm³/mol. The second kappa shape index (κ2) is 5.98. The first-order valence-electron chi connectivity index (χ1n) is 5.03. The first-order chi connectivity index (χ1) is 8.34. The third-order valence-electron chi connectivity index (χ3n) is 2.09. The molecule has 1 aromatic rings. The van der Waals surface area contributed by atoms with E-state index in [2.05, 4.69) is 14.9 Å². The van der Waals surface area contributed by atoms with Gasteiger partial charge >= 0.3 is 12.1 Å². The molecule has 0 aliphatic rings. The molecule has 0 spiro atoms. The maximum Gasteiger partial charge on any atom is 0.445 e. The molecular weight excluding hydrogens is 271 g/mol. The lowest BCUT2D eigenvalue weighted by atomic mass is 10.3. The van der Waals surface area contributed by atoms with Crippen molar-refractivity contribution in [2.75, 3.05) is 25.6 Å². The van der Waals surface area contributed by atoms with Crippen LogP contribution in [0.25, 0.3) is 0 Å². The minimum Gasteiger partial charge on any atom is -0.469 e. The summed E-state index contributed by atoms with van der Waals surface area (Å²) in [5.41, 5.74) is 0. The Kier molecular flexibility index (Phi) is 4.88. The van der Waals surface area contributed by atoms with Crippen molar-refractivity contribution in [1.29, 1.82) is 0 Å².